The van der Waals surface area contributed by atoms with Gasteiger partial charge >= 0.3 is 0 Å². The van der Waals surface area contributed by atoms with E-state index in [-0.39, 0.29) is 11.4 Å². The number of pyridine rings is 1. The molecular weight excluding hydrogens is 424 g/mol. The quantitative estimate of drug-likeness (QED) is 0.504. The summed E-state index contributed by atoms with van der Waals surface area (Å²) in [4.78, 5) is 25.3. The molecule has 0 saturated carbocycles. The topological polar surface area (TPSA) is 75.4 Å². The molecule has 5 heterocycles. The van der Waals surface area contributed by atoms with Gasteiger partial charge in [-0.1, -0.05) is 30.3 Å². The summed E-state index contributed by atoms with van der Waals surface area (Å²) in [7, 11) is 0. The van der Waals surface area contributed by atoms with Gasteiger partial charge in [-0.25, -0.2) is 9.50 Å². The first kappa shape index (κ1) is 21.0. The lowest BCUT2D eigenvalue weighted by Crippen LogP contribution is -2.61. The third-order valence-corrected chi connectivity index (χ3v) is 7.26. The van der Waals surface area contributed by atoms with E-state index in [0.29, 0.717) is 11.3 Å². The molecule has 0 aliphatic carbocycles. The second-order valence-electron chi connectivity index (χ2n) is 9.35. The van der Waals surface area contributed by atoms with Crippen LogP contribution in [0.4, 0.5) is 0 Å². The summed E-state index contributed by atoms with van der Waals surface area (Å²) in [6.07, 6.45) is 10.9. The standard InChI is InChI=1S/C27H28N6O/c34-26(32-15-5-4-11-27(32)12-6-13-28-19-27)21-9-14-29-24(17-21)22-18-30-33-16-10-23(31-25(22)33)20-7-2-1-3-8-20/h1-3,7-10,14,16-18,28H,4-6,11-13,15,19H2. The van der Waals surface area contributed by atoms with E-state index >= 15 is 0 Å². The maximum Gasteiger partial charge on any atom is 0.254 e. The van der Waals surface area contributed by atoms with Crippen molar-refractivity contribution in [2.45, 2.75) is 37.6 Å². The normalized spacial score (nSPS) is 20.6. The van der Waals surface area contributed by atoms with Crippen LogP contribution >= 0.6 is 0 Å². The van der Waals surface area contributed by atoms with E-state index < -0.39 is 0 Å². The fourth-order valence-electron chi connectivity index (χ4n) is 5.49. The minimum Gasteiger partial charge on any atom is -0.332 e. The number of carbonyl (C=O) groups excluding carboxylic acids is 1. The van der Waals surface area contributed by atoms with Crippen LogP contribution in [0.5, 0.6) is 0 Å². The highest BCUT2D eigenvalue weighted by molar-refractivity contribution is 5.96. The van der Waals surface area contributed by atoms with Gasteiger partial charge in [0.15, 0.2) is 5.65 Å². The van der Waals surface area contributed by atoms with Crippen molar-refractivity contribution in [3.63, 3.8) is 0 Å². The Morgan fingerprint density at radius 2 is 1.88 bits per heavy atom. The first-order valence-corrected chi connectivity index (χ1v) is 12.1. The van der Waals surface area contributed by atoms with Crippen molar-refractivity contribution in [2.24, 2.45) is 0 Å². The molecule has 1 amide bonds. The van der Waals surface area contributed by atoms with Crippen LogP contribution in [0.2, 0.25) is 0 Å². The van der Waals surface area contributed by atoms with Gasteiger partial charge in [0.25, 0.3) is 5.91 Å². The molecule has 7 nitrogen and oxygen atoms in total. The summed E-state index contributed by atoms with van der Waals surface area (Å²) in [5.41, 5.74) is 4.80. The molecule has 1 atom stereocenters. The van der Waals surface area contributed by atoms with E-state index in [0.717, 1.165) is 67.8 Å². The zero-order valence-electron chi connectivity index (χ0n) is 19.2. The summed E-state index contributed by atoms with van der Waals surface area (Å²) in [6.45, 7) is 2.74. The molecule has 1 spiro atoms. The van der Waals surface area contributed by atoms with Gasteiger partial charge in [-0.15, -0.1) is 0 Å². The summed E-state index contributed by atoms with van der Waals surface area (Å²) in [5, 5.41) is 8.00. The molecule has 2 aliphatic rings. The Morgan fingerprint density at radius 3 is 2.74 bits per heavy atom. The monoisotopic (exact) mass is 452 g/mol. The number of aromatic nitrogens is 4. The SMILES string of the molecule is O=C(c1ccnc(-c2cnn3ccc(-c4ccccc4)nc23)c1)N1CCCCC12CCCNC2. The van der Waals surface area contributed by atoms with Crippen molar-refractivity contribution in [2.75, 3.05) is 19.6 Å². The first-order valence-electron chi connectivity index (χ1n) is 12.1. The molecule has 2 aliphatic heterocycles. The molecule has 0 radical (unpaired) electrons. The number of nitrogens with zero attached hydrogens (tertiary/aromatic N) is 5. The number of piperidine rings is 2. The van der Waals surface area contributed by atoms with Gasteiger partial charge in [0.2, 0.25) is 0 Å². The largest absolute Gasteiger partial charge is 0.332 e. The van der Waals surface area contributed by atoms with Crippen molar-refractivity contribution in [1.29, 1.82) is 0 Å². The third-order valence-electron chi connectivity index (χ3n) is 7.26. The van der Waals surface area contributed by atoms with Gasteiger partial charge < -0.3 is 10.2 Å². The Labute approximate surface area is 198 Å². The number of benzene rings is 1. The third kappa shape index (κ3) is 3.66. The predicted octanol–water partition coefficient (Wildman–Crippen LogP) is 4.21. The van der Waals surface area contributed by atoms with Crippen molar-refractivity contribution < 1.29 is 4.79 Å². The molecule has 3 aromatic heterocycles. The Balaban J connectivity index is 1.36. The van der Waals surface area contributed by atoms with E-state index in [1.807, 2.05) is 54.7 Å². The van der Waals surface area contributed by atoms with Crippen LogP contribution in [0.25, 0.3) is 28.2 Å². The van der Waals surface area contributed by atoms with Crippen molar-refractivity contribution in [3.8, 4) is 22.5 Å². The first-order chi connectivity index (χ1) is 16.7. The fraction of sp³-hybridized carbons (Fsp3) is 0.333. The van der Waals surface area contributed by atoms with E-state index in [9.17, 15) is 4.79 Å². The number of carbonyl (C=O) groups is 1. The Kier molecular flexibility index (Phi) is 5.34. The van der Waals surface area contributed by atoms with Crippen molar-refractivity contribution in [1.82, 2.24) is 29.8 Å². The lowest BCUT2D eigenvalue weighted by Gasteiger charge is -2.49. The summed E-state index contributed by atoms with van der Waals surface area (Å²) >= 11 is 0. The zero-order chi connectivity index (χ0) is 23.0. The minimum absolute atomic E-state index is 0.0619. The second-order valence-corrected chi connectivity index (χ2v) is 9.35. The smallest absolute Gasteiger partial charge is 0.254 e. The van der Waals surface area contributed by atoms with E-state index in [4.69, 9.17) is 4.98 Å². The molecule has 172 valence electrons. The Bertz CT molecular complexity index is 1320. The van der Waals surface area contributed by atoms with Crippen molar-refractivity contribution in [3.05, 3.63) is 72.7 Å². The number of fused-ring (bicyclic) bond motifs is 1. The van der Waals surface area contributed by atoms with Crippen LogP contribution in [0.1, 0.15) is 42.5 Å². The van der Waals surface area contributed by atoms with E-state index in [2.05, 4.69) is 20.3 Å². The Hall–Kier alpha value is -3.58. The molecule has 6 rings (SSSR count). The summed E-state index contributed by atoms with van der Waals surface area (Å²) in [6, 6.07) is 15.8. The molecule has 0 bridgehead atoms. The molecule has 34 heavy (non-hydrogen) atoms. The van der Waals surface area contributed by atoms with E-state index in [1.165, 1.54) is 6.42 Å². The molecule has 7 heteroatoms. The number of rotatable bonds is 3. The highest BCUT2D eigenvalue weighted by Crippen LogP contribution is 2.35. The molecule has 2 saturated heterocycles. The van der Waals surface area contributed by atoms with Crippen LogP contribution in [0.15, 0.2) is 67.1 Å². The van der Waals surface area contributed by atoms with Crippen LogP contribution < -0.4 is 5.32 Å². The molecule has 2 fully saturated rings. The lowest BCUT2D eigenvalue weighted by molar-refractivity contribution is 0.0210. The highest BCUT2D eigenvalue weighted by atomic mass is 16.2. The van der Waals surface area contributed by atoms with Crippen LogP contribution in [0.3, 0.4) is 0 Å². The van der Waals surface area contributed by atoms with Gasteiger partial charge in [0.05, 0.1) is 28.7 Å². The fourth-order valence-corrected chi connectivity index (χ4v) is 5.49. The molecule has 1 aromatic carbocycles. The maximum atomic E-state index is 13.7. The number of nitrogens with one attached hydrogen (secondary N) is 1. The average Bonchev–Trinajstić information content (AvgIpc) is 3.33. The molecule has 4 aromatic rings. The number of hydrogen-bond donors (Lipinski definition) is 1. The second kappa shape index (κ2) is 8.65. The van der Waals surface area contributed by atoms with Gasteiger partial charge in [-0.3, -0.25) is 9.78 Å². The van der Waals surface area contributed by atoms with Gasteiger partial charge in [0.1, 0.15) is 0 Å². The van der Waals surface area contributed by atoms with Crippen LogP contribution in [0, 0.1) is 0 Å². The van der Waals surface area contributed by atoms with Gasteiger partial charge in [0, 0.05) is 36.6 Å². The molecule has 1 N–H and O–H groups in total. The zero-order valence-corrected chi connectivity index (χ0v) is 19.2. The van der Waals surface area contributed by atoms with Crippen LogP contribution in [-0.2, 0) is 0 Å². The maximum absolute atomic E-state index is 13.7. The average molecular weight is 453 g/mol. The number of amides is 1. The summed E-state index contributed by atoms with van der Waals surface area (Å²) < 4.78 is 1.76. The lowest BCUT2D eigenvalue weighted by atomic mass is 9.80. The van der Waals surface area contributed by atoms with E-state index in [1.54, 1.807) is 16.9 Å². The van der Waals surface area contributed by atoms with Crippen LogP contribution in [-0.4, -0.2) is 55.6 Å². The summed E-state index contributed by atoms with van der Waals surface area (Å²) in [5.74, 6) is 0.0986. The Morgan fingerprint density at radius 1 is 1.00 bits per heavy atom. The van der Waals surface area contributed by atoms with Crippen molar-refractivity contribution >= 4 is 11.6 Å². The highest BCUT2D eigenvalue weighted by Gasteiger charge is 2.42. The van der Waals surface area contributed by atoms with Gasteiger partial charge in [-0.05, 0) is 56.8 Å². The minimum atomic E-state index is -0.0619. The predicted molar refractivity (Wildman–Crippen MR) is 131 cm³/mol. The van der Waals surface area contributed by atoms with Gasteiger partial charge in [-0.2, -0.15) is 5.10 Å². The molecular formula is C27H28N6O. The number of hydrogen-bond acceptors (Lipinski definition) is 5. The number of likely N-dealkylation sites (tertiary alicyclic amines) is 1. The molecule has 1 unspecified atom stereocenters.